The summed E-state index contributed by atoms with van der Waals surface area (Å²) in [4.78, 5) is 15.8. The molecule has 102 valence electrons. The highest BCUT2D eigenvalue weighted by molar-refractivity contribution is 5.69. The zero-order valence-corrected chi connectivity index (χ0v) is 11.9. The molecular formula is C13H28N2O2. The van der Waals surface area contributed by atoms with E-state index >= 15 is 0 Å². The first-order valence-electron chi connectivity index (χ1n) is 6.79. The van der Waals surface area contributed by atoms with E-state index in [0.717, 1.165) is 39.1 Å². The standard InChI is InChI=1S/C11H22N2O2.C2H6/c1-3-4-11(14)15-10-9-13-7-5-12(2)6-8-13;1-2/h3-10H2,1-2H3;1-2H3. The molecule has 0 atom stereocenters. The van der Waals surface area contributed by atoms with Crippen LogP contribution in [0.5, 0.6) is 0 Å². The van der Waals surface area contributed by atoms with E-state index < -0.39 is 0 Å². The number of hydrogen-bond acceptors (Lipinski definition) is 4. The smallest absolute Gasteiger partial charge is 0.305 e. The van der Waals surface area contributed by atoms with Crippen LogP contribution in [0.1, 0.15) is 33.6 Å². The lowest BCUT2D eigenvalue weighted by atomic mass is 10.3. The Balaban J connectivity index is 0.00000121. The summed E-state index contributed by atoms with van der Waals surface area (Å²) in [6.45, 7) is 11.8. The second kappa shape index (κ2) is 10.5. The molecule has 0 aliphatic carbocycles. The molecule has 1 heterocycles. The predicted molar refractivity (Wildman–Crippen MR) is 71.2 cm³/mol. The maximum atomic E-state index is 11.1. The molecule has 0 bridgehead atoms. The van der Waals surface area contributed by atoms with Crippen molar-refractivity contribution in [3.63, 3.8) is 0 Å². The Hall–Kier alpha value is -0.610. The summed E-state index contributed by atoms with van der Waals surface area (Å²) in [5, 5.41) is 0. The van der Waals surface area contributed by atoms with Crippen LogP contribution >= 0.6 is 0 Å². The average molecular weight is 244 g/mol. The first-order chi connectivity index (χ1) is 8.22. The summed E-state index contributed by atoms with van der Waals surface area (Å²) in [6, 6.07) is 0. The van der Waals surface area contributed by atoms with Crippen LogP contribution in [0.3, 0.4) is 0 Å². The molecule has 0 saturated carbocycles. The molecule has 1 rings (SSSR count). The fourth-order valence-corrected chi connectivity index (χ4v) is 1.64. The van der Waals surface area contributed by atoms with Crippen molar-refractivity contribution in [3.05, 3.63) is 0 Å². The van der Waals surface area contributed by atoms with Gasteiger partial charge in [-0.05, 0) is 13.5 Å². The van der Waals surface area contributed by atoms with Crippen molar-refractivity contribution in [2.45, 2.75) is 33.6 Å². The normalized spacial score (nSPS) is 17.2. The minimum atomic E-state index is -0.0633. The molecule has 0 aromatic carbocycles. The molecule has 0 aromatic heterocycles. The monoisotopic (exact) mass is 244 g/mol. The van der Waals surface area contributed by atoms with E-state index in [2.05, 4.69) is 16.8 Å². The SMILES string of the molecule is CC.CCCC(=O)OCCN1CCN(C)CC1. The number of likely N-dealkylation sites (N-methyl/N-ethyl adjacent to an activating group) is 1. The summed E-state index contributed by atoms with van der Waals surface area (Å²) >= 11 is 0. The fourth-order valence-electron chi connectivity index (χ4n) is 1.64. The summed E-state index contributed by atoms with van der Waals surface area (Å²) in [6.07, 6.45) is 1.41. The Bertz CT molecular complexity index is 190. The van der Waals surface area contributed by atoms with Crippen LogP contribution in [0.25, 0.3) is 0 Å². The van der Waals surface area contributed by atoms with Crippen LogP contribution in [-0.2, 0) is 9.53 Å². The molecule has 1 fully saturated rings. The van der Waals surface area contributed by atoms with Crippen molar-refractivity contribution in [3.8, 4) is 0 Å². The van der Waals surface area contributed by atoms with Crippen molar-refractivity contribution in [1.29, 1.82) is 0 Å². The molecule has 0 unspecified atom stereocenters. The number of piperazine rings is 1. The minimum Gasteiger partial charge on any atom is -0.464 e. The molecular weight excluding hydrogens is 216 g/mol. The van der Waals surface area contributed by atoms with Gasteiger partial charge in [-0.15, -0.1) is 0 Å². The van der Waals surface area contributed by atoms with Crippen molar-refractivity contribution < 1.29 is 9.53 Å². The van der Waals surface area contributed by atoms with Crippen LogP contribution in [0, 0.1) is 0 Å². The third kappa shape index (κ3) is 8.16. The second-order valence-electron chi connectivity index (χ2n) is 4.12. The van der Waals surface area contributed by atoms with Gasteiger partial charge in [-0.3, -0.25) is 9.69 Å². The Morgan fingerprint density at radius 1 is 1.18 bits per heavy atom. The van der Waals surface area contributed by atoms with Gasteiger partial charge in [0.15, 0.2) is 0 Å². The number of hydrogen-bond donors (Lipinski definition) is 0. The van der Waals surface area contributed by atoms with Gasteiger partial charge in [-0.25, -0.2) is 0 Å². The first-order valence-corrected chi connectivity index (χ1v) is 6.79. The fraction of sp³-hybridized carbons (Fsp3) is 0.923. The van der Waals surface area contributed by atoms with Crippen LogP contribution in [0.2, 0.25) is 0 Å². The van der Waals surface area contributed by atoms with Crippen LogP contribution in [0.4, 0.5) is 0 Å². The molecule has 0 spiro atoms. The van der Waals surface area contributed by atoms with E-state index in [1.54, 1.807) is 0 Å². The van der Waals surface area contributed by atoms with E-state index in [-0.39, 0.29) is 5.97 Å². The van der Waals surface area contributed by atoms with Crippen LogP contribution in [0.15, 0.2) is 0 Å². The molecule has 1 aliphatic rings. The molecule has 0 amide bonds. The van der Waals surface area contributed by atoms with Gasteiger partial charge in [0.25, 0.3) is 0 Å². The number of rotatable bonds is 5. The summed E-state index contributed by atoms with van der Waals surface area (Å²) in [5.74, 6) is -0.0633. The molecule has 0 radical (unpaired) electrons. The lowest BCUT2D eigenvalue weighted by molar-refractivity contribution is -0.144. The van der Waals surface area contributed by atoms with E-state index in [4.69, 9.17) is 4.74 Å². The van der Waals surface area contributed by atoms with Crippen molar-refractivity contribution in [1.82, 2.24) is 9.80 Å². The van der Waals surface area contributed by atoms with E-state index in [1.165, 1.54) is 0 Å². The largest absolute Gasteiger partial charge is 0.464 e. The number of ether oxygens (including phenoxy) is 1. The predicted octanol–water partition coefficient (Wildman–Crippen LogP) is 1.60. The summed E-state index contributed by atoms with van der Waals surface area (Å²) in [7, 11) is 2.14. The Morgan fingerprint density at radius 2 is 1.76 bits per heavy atom. The lowest BCUT2D eigenvalue weighted by Crippen LogP contribution is -2.45. The highest BCUT2D eigenvalue weighted by atomic mass is 16.5. The van der Waals surface area contributed by atoms with Crippen LogP contribution < -0.4 is 0 Å². The molecule has 1 saturated heterocycles. The van der Waals surface area contributed by atoms with Gasteiger partial charge in [0.2, 0.25) is 0 Å². The molecule has 0 N–H and O–H groups in total. The van der Waals surface area contributed by atoms with E-state index in [1.807, 2.05) is 20.8 Å². The van der Waals surface area contributed by atoms with Gasteiger partial charge in [0.05, 0.1) is 0 Å². The lowest BCUT2D eigenvalue weighted by Gasteiger charge is -2.32. The van der Waals surface area contributed by atoms with Crippen molar-refractivity contribution >= 4 is 5.97 Å². The highest BCUT2D eigenvalue weighted by Crippen LogP contribution is 1.99. The zero-order chi connectivity index (χ0) is 13.1. The number of carbonyl (C=O) groups excluding carboxylic acids is 1. The zero-order valence-electron chi connectivity index (χ0n) is 11.9. The average Bonchev–Trinajstić information content (AvgIpc) is 2.35. The molecule has 17 heavy (non-hydrogen) atoms. The van der Waals surface area contributed by atoms with Gasteiger partial charge in [-0.1, -0.05) is 20.8 Å². The number of nitrogens with zero attached hydrogens (tertiary/aromatic N) is 2. The summed E-state index contributed by atoms with van der Waals surface area (Å²) < 4.78 is 5.12. The number of esters is 1. The highest BCUT2D eigenvalue weighted by Gasteiger charge is 2.13. The van der Waals surface area contributed by atoms with Gasteiger partial charge in [0, 0.05) is 39.1 Å². The first kappa shape index (κ1) is 16.4. The third-order valence-corrected chi connectivity index (χ3v) is 2.72. The third-order valence-electron chi connectivity index (χ3n) is 2.72. The topological polar surface area (TPSA) is 32.8 Å². The molecule has 0 aromatic rings. The van der Waals surface area contributed by atoms with Crippen molar-refractivity contribution in [2.75, 3.05) is 46.4 Å². The Labute approximate surface area is 106 Å². The maximum Gasteiger partial charge on any atom is 0.305 e. The van der Waals surface area contributed by atoms with Gasteiger partial charge >= 0.3 is 5.97 Å². The quantitative estimate of drug-likeness (QED) is 0.688. The van der Waals surface area contributed by atoms with E-state index in [0.29, 0.717) is 13.0 Å². The molecule has 1 aliphatic heterocycles. The molecule has 4 heteroatoms. The van der Waals surface area contributed by atoms with E-state index in [9.17, 15) is 4.79 Å². The van der Waals surface area contributed by atoms with Gasteiger partial charge < -0.3 is 9.64 Å². The Morgan fingerprint density at radius 3 is 2.29 bits per heavy atom. The minimum absolute atomic E-state index is 0.0633. The molecule has 4 nitrogen and oxygen atoms in total. The summed E-state index contributed by atoms with van der Waals surface area (Å²) in [5.41, 5.74) is 0. The maximum absolute atomic E-state index is 11.1. The Kier molecular flexibility index (Phi) is 10.2. The number of carbonyl (C=O) groups is 1. The van der Waals surface area contributed by atoms with Crippen LogP contribution in [-0.4, -0.2) is 62.1 Å². The van der Waals surface area contributed by atoms with Gasteiger partial charge in [0.1, 0.15) is 6.61 Å². The van der Waals surface area contributed by atoms with Gasteiger partial charge in [-0.2, -0.15) is 0 Å². The van der Waals surface area contributed by atoms with Crippen molar-refractivity contribution in [2.24, 2.45) is 0 Å². The second-order valence-corrected chi connectivity index (χ2v) is 4.12.